The van der Waals surface area contributed by atoms with Crippen molar-refractivity contribution in [2.24, 2.45) is 5.92 Å². The van der Waals surface area contributed by atoms with E-state index in [-0.39, 0.29) is 6.03 Å². The van der Waals surface area contributed by atoms with Crippen LogP contribution >= 0.6 is 0 Å². The number of carbonyl (C=O) groups is 2. The number of halogens is 3. The van der Waals surface area contributed by atoms with Crippen LogP contribution in [0.25, 0.3) is 0 Å². The molecule has 0 aliphatic carbocycles. The predicted molar refractivity (Wildman–Crippen MR) is 65.0 cm³/mol. The van der Waals surface area contributed by atoms with Crippen LogP contribution in [0.3, 0.4) is 0 Å². The minimum Gasteiger partial charge on any atom is -0.453 e. The lowest BCUT2D eigenvalue weighted by molar-refractivity contribution is -0.219. The maximum Gasteiger partial charge on any atom is 0.425 e. The topological polar surface area (TPSA) is 49.9 Å². The Morgan fingerprint density at radius 2 is 1.75 bits per heavy atom. The fourth-order valence-corrected chi connectivity index (χ4v) is 1.93. The molecule has 0 bridgehead atoms. The summed E-state index contributed by atoms with van der Waals surface area (Å²) >= 11 is 0. The summed E-state index contributed by atoms with van der Waals surface area (Å²) in [5.74, 6) is -1.42. The van der Waals surface area contributed by atoms with Gasteiger partial charge in [0.15, 0.2) is 6.10 Å². The van der Waals surface area contributed by atoms with Crippen molar-refractivity contribution in [1.82, 2.24) is 9.80 Å². The number of carbonyl (C=O) groups excluding carboxylic acids is 2. The molecule has 1 rings (SSSR count). The molecule has 1 fully saturated rings. The number of rotatable bonds is 2. The summed E-state index contributed by atoms with van der Waals surface area (Å²) in [6.45, 7) is 1.50. The number of hydrogen-bond acceptors (Lipinski definition) is 3. The van der Waals surface area contributed by atoms with E-state index in [4.69, 9.17) is 0 Å². The van der Waals surface area contributed by atoms with E-state index in [9.17, 15) is 22.8 Å². The standard InChI is InChI=1S/C12H19F3N2O3/c1-8(12(13,14)15)20-10(18)9-4-6-17(7-5-9)11(19)16(2)3/h8-9H,4-7H2,1-3H3. The third kappa shape index (κ3) is 4.28. The predicted octanol–water partition coefficient (Wildman–Crippen LogP) is 1.87. The molecule has 5 nitrogen and oxygen atoms in total. The van der Waals surface area contributed by atoms with E-state index in [2.05, 4.69) is 4.74 Å². The average molecular weight is 296 g/mol. The number of alkyl halides is 3. The Bertz CT molecular complexity index is 363. The van der Waals surface area contributed by atoms with Gasteiger partial charge in [-0.15, -0.1) is 0 Å². The number of hydrogen-bond donors (Lipinski definition) is 0. The number of likely N-dealkylation sites (tertiary alicyclic amines) is 1. The van der Waals surface area contributed by atoms with Crippen molar-refractivity contribution in [2.75, 3.05) is 27.2 Å². The molecule has 1 heterocycles. The van der Waals surface area contributed by atoms with Crippen LogP contribution in [0, 0.1) is 5.92 Å². The lowest BCUT2D eigenvalue weighted by Gasteiger charge is -2.33. The van der Waals surface area contributed by atoms with Crippen LogP contribution in [0.5, 0.6) is 0 Å². The number of amides is 2. The van der Waals surface area contributed by atoms with Gasteiger partial charge in [-0.1, -0.05) is 0 Å². The van der Waals surface area contributed by atoms with E-state index in [1.807, 2.05) is 0 Å². The van der Waals surface area contributed by atoms with Crippen molar-refractivity contribution in [3.05, 3.63) is 0 Å². The van der Waals surface area contributed by atoms with Gasteiger partial charge in [0.25, 0.3) is 0 Å². The first-order valence-electron chi connectivity index (χ1n) is 6.36. The molecule has 0 spiro atoms. The molecule has 2 amide bonds. The molecule has 1 aliphatic rings. The number of esters is 1. The van der Waals surface area contributed by atoms with Gasteiger partial charge >= 0.3 is 18.2 Å². The first-order chi connectivity index (χ1) is 9.12. The fourth-order valence-electron chi connectivity index (χ4n) is 1.93. The minimum atomic E-state index is -4.54. The van der Waals surface area contributed by atoms with Crippen molar-refractivity contribution < 1.29 is 27.5 Å². The maximum absolute atomic E-state index is 12.3. The van der Waals surface area contributed by atoms with Crippen molar-refractivity contribution in [2.45, 2.75) is 32.0 Å². The second-order valence-corrected chi connectivity index (χ2v) is 5.06. The Kier molecular flexibility index (Phi) is 5.24. The quantitative estimate of drug-likeness (QED) is 0.731. The van der Waals surface area contributed by atoms with E-state index in [1.165, 1.54) is 4.90 Å². The van der Waals surface area contributed by atoms with Gasteiger partial charge < -0.3 is 14.5 Å². The van der Waals surface area contributed by atoms with Crippen LogP contribution in [-0.2, 0) is 9.53 Å². The summed E-state index contributed by atoms with van der Waals surface area (Å²) in [7, 11) is 3.24. The number of ether oxygens (including phenoxy) is 1. The van der Waals surface area contributed by atoms with Gasteiger partial charge in [-0.3, -0.25) is 4.79 Å². The number of piperidine rings is 1. The van der Waals surface area contributed by atoms with Crippen LogP contribution in [-0.4, -0.2) is 61.3 Å². The second-order valence-electron chi connectivity index (χ2n) is 5.06. The Morgan fingerprint density at radius 1 is 1.25 bits per heavy atom. The lowest BCUT2D eigenvalue weighted by Crippen LogP contribution is -2.45. The molecule has 1 atom stereocenters. The zero-order valence-electron chi connectivity index (χ0n) is 11.7. The zero-order chi connectivity index (χ0) is 15.5. The highest BCUT2D eigenvalue weighted by Gasteiger charge is 2.40. The molecular formula is C12H19F3N2O3. The van der Waals surface area contributed by atoms with E-state index in [0.717, 1.165) is 6.92 Å². The van der Waals surface area contributed by atoms with E-state index in [0.29, 0.717) is 25.9 Å². The molecule has 116 valence electrons. The normalized spacial score (nSPS) is 18.6. The number of urea groups is 1. The molecule has 1 unspecified atom stereocenters. The molecular weight excluding hydrogens is 277 g/mol. The molecule has 0 aromatic rings. The van der Waals surface area contributed by atoms with Gasteiger partial charge in [0, 0.05) is 27.2 Å². The van der Waals surface area contributed by atoms with E-state index >= 15 is 0 Å². The van der Waals surface area contributed by atoms with Crippen LogP contribution in [0.1, 0.15) is 19.8 Å². The summed E-state index contributed by atoms with van der Waals surface area (Å²) in [4.78, 5) is 26.3. The van der Waals surface area contributed by atoms with Crippen molar-refractivity contribution in [1.29, 1.82) is 0 Å². The molecule has 0 N–H and O–H groups in total. The molecule has 1 saturated heterocycles. The zero-order valence-corrected chi connectivity index (χ0v) is 11.7. The summed E-state index contributed by atoms with van der Waals surface area (Å²) in [5, 5.41) is 0. The summed E-state index contributed by atoms with van der Waals surface area (Å²) in [5.41, 5.74) is 0. The average Bonchev–Trinajstić information content (AvgIpc) is 2.36. The maximum atomic E-state index is 12.3. The van der Waals surface area contributed by atoms with Crippen molar-refractivity contribution >= 4 is 12.0 Å². The highest BCUT2D eigenvalue weighted by Crippen LogP contribution is 2.25. The lowest BCUT2D eigenvalue weighted by atomic mass is 9.97. The SMILES string of the molecule is CC(OC(=O)C1CCN(C(=O)N(C)C)CC1)C(F)(F)F. The molecule has 0 radical (unpaired) electrons. The molecule has 20 heavy (non-hydrogen) atoms. The summed E-state index contributed by atoms with van der Waals surface area (Å²) in [6, 6.07) is -0.166. The number of nitrogens with zero attached hydrogens (tertiary/aromatic N) is 2. The van der Waals surface area contributed by atoms with Crippen LogP contribution in [0.4, 0.5) is 18.0 Å². The molecule has 0 aromatic heterocycles. The van der Waals surface area contributed by atoms with Crippen LogP contribution in [0.15, 0.2) is 0 Å². The first-order valence-corrected chi connectivity index (χ1v) is 6.36. The molecule has 0 saturated carbocycles. The third-order valence-corrected chi connectivity index (χ3v) is 3.24. The molecule has 0 aromatic carbocycles. The smallest absolute Gasteiger partial charge is 0.425 e. The Hall–Kier alpha value is -1.47. The molecule has 1 aliphatic heterocycles. The third-order valence-electron chi connectivity index (χ3n) is 3.24. The van der Waals surface area contributed by atoms with Crippen LogP contribution < -0.4 is 0 Å². The van der Waals surface area contributed by atoms with Crippen molar-refractivity contribution in [3.8, 4) is 0 Å². The fraction of sp³-hybridized carbons (Fsp3) is 0.833. The van der Waals surface area contributed by atoms with Gasteiger partial charge in [0.2, 0.25) is 0 Å². The van der Waals surface area contributed by atoms with E-state index in [1.54, 1.807) is 19.0 Å². The highest BCUT2D eigenvalue weighted by molar-refractivity contribution is 5.75. The summed E-state index contributed by atoms with van der Waals surface area (Å²) in [6.07, 6.45) is -6.00. The monoisotopic (exact) mass is 296 g/mol. The Labute approximate surface area is 115 Å². The van der Waals surface area contributed by atoms with Gasteiger partial charge in [-0.2, -0.15) is 13.2 Å². The van der Waals surface area contributed by atoms with Crippen molar-refractivity contribution in [3.63, 3.8) is 0 Å². The van der Waals surface area contributed by atoms with Gasteiger partial charge in [-0.05, 0) is 19.8 Å². The van der Waals surface area contributed by atoms with Gasteiger partial charge in [-0.25, -0.2) is 4.79 Å². The largest absolute Gasteiger partial charge is 0.453 e. The van der Waals surface area contributed by atoms with Gasteiger partial charge in [0.05, 0.1) is 5.92 Å². The highest BCUT2D eigenvalue weighted by atomic mass is 19.4. The molecule has 8 heteroatoms. The van der Waals surface area contributed by atoms with E-state index < -0.39 is 24.2 Å². The minimum absolute atomic E-state index is 0.166. The Morgan fingerprint density at radius 3 is 2.15 bits per heavy atom. The van der Waals surface area contributed by atoms with Crippen LogP contribution in [0.2, 0.25) is 0 Å². The first kappa shape index (κ1) is 16.6. The summed E-state index contributed by atoms with van der Waals surface area (Å²) < 4.78 is 41.3. The Balaban J connectivity index is 2.45. The second kappa shape index (κ2) is 6.32. The van der Waals surface area contributed by atoms with Gasteiger partial charge in [0.1, 0.15) is 0 Å².